The van der Waals surface area contributed by atoms with Gasteiger partial charge in [-0.2, -0.15) is 9.61 Å². The van der Waals surface area contributed by atoms with E-state index in [1.54, 1.807) is 4.52 Å². The third-order valence-corrected chi connectivity index (χ3v) is 6.46. The van der Waals surface area contributed by atoms with Crippen LogP contribution >= 0.6 is 11.8 Å². The molecule has 1 aliphatic rings. The molecule has 0 unspecified atom stereocenters. The highest BCUT2D eigenvalue weighted by Gasteiger charge is 2.18. The summed E-state index contributed by atoms with van der Waals surface area (Å²) in [6.07, 6.45) is 3.40. The van der Waals surface area contributed by atoms with E-state index in [0.29, 0.717) is 16.6 Å². The Morgan fingerprint density at radius 2 is 1.52 bits per heavy atom. The highest BCUT2D eigenvalue weighted by molar-refractivity contribution is 7.99. The van der Waals surface area contributed by atoms with Crippen LogP contribution in [0.4, 0.5) is 0 Å². The summed E-state index contributed by atoms with van der Waals surface area (Å²) in [6.45, 7) is 1.72. The lowest BCUT2D eigenvalue weighted by Gasteiger charge is -2.26. The number of rotatable bonds is 5. The van der Waals surface area contributed by atoms with Gasteiger partial charge in [0.05, 0.1) is 11.4 Å². The van der Waals surface area contributed by atoms with Gasteiger partial charge in [-0.15, -0.1) is 10.2 Å². The Labute approximate surface area is 185 Å². The Morgan fingerprint density at radius 3 is 2.29 bits per heavy atom. The van der Waals surface area contributed by atoms with Crippen molar-refractivity contribution in [1.82, 2.24) is 24.7 Å². The van der Waals surface area contributed by atoms with E-state index in [1.165, 1.54) is 29.3 Å². The van der Waals surface area contributed by atoms with Gasteiger partial charge in [-0.1, -0.05) is 66.4 Å². The maximum Gasteiger partial charge on any atom is 0.233 e. The number of thioether (sulfide) groups is 1. The molecule has 5 rings (SSSR count). The smallest absolute Gasteiger partial charge is 0.233 e. The molecule has 2 aromatic carbocycles. The van der Waals surface area contributed by atoms with Crippen LogP contribution in [0, 0.1) is 0 Å². The topological polar surface area (TPSA) is 63.4 Å². The van der Waals surface area contributed by atoms with Crippen molar-refractivity contribution in [2.75, 3.05) is 18.8 Å². The second-order valence-electron chi connectivity index (χ2n) is 7.64. The van der Waals surface area contributed by atoms with Crippen molar-refractivity contribution in [3.8, 4) is 22.4 Å². The number of fused-ring (bicyclic) bond motifs is 1. The van der Waals surface area contributed by atoms with E-state index in [1.807, 2.05) is 35.2 Å². The lowest BCUT2D eigenvalue weighted by Crippen LogP contribution is -2.36. The number of likely N-dealkylation sites (tertiary alicyclic amines) is 1. The van der Waals surface area contributed by atoms with Crippen molar-refractivity contribution in [2.45, 2.75) is 24.4 Å². The molecule has 4 aromatic rings. The molecule has 6 nitrogen and oxygen atoms in total. The van der Waals surface area contributed by atoms with Crippen molar-refractivity contribution in [2.24, 2.45) is 0 Å². The first-order valence-electron chi connectivity index (χ1n) is 10.6. The van der Waals surface area contributed by atoms with Gasteiger partial charge in [-0.05, 0) is 42.5 Å². The summed E-state index contributed by atoms with van der Waals surface area (Å²) in [5.41, 5.74) is 4.90. The Kier molecular flexibility index (Phi) is 5.67. The van der Waals surface area contributed by atoms with Gasteiger partial charge in [0.25, 0.3) is 0 Å². The first kappa shape index (κ1) is 19.8. The van der Waals surface area contributed by atoms with Crippen LogP contribution in [-0.4, -0.2) is 49.5 Å². The first-order valence-corrected chi connectivity index (χ1v) is 11.6. The molecule has 1 aliphatic heterocycles. The molecule has 0 atom stereocenters. The Bertz CT molecular complexity index is 1180. The van der Waals surface area contributed by atoms with Gasteiger partial charge in [0.2, 0.25) is 11.1 Å². The fourth-order valence-electron chi connectivity index (χ4n) is 3.84. The molecular formula is C24H23N5OS. The molecule has 0 aliphatic carbocycles. The minimum absolute atomic E-state index is 0.161. The molecule has 1 saturated heterocycles. The number of hydrogen-bond acceptors (Lipinski definition) is 5. The summed E-state index contributed by atoms with van der Waals surface area (Å²) in [7, 11) is 0. The highest BCUT2D eigenvalue weighted by Crippen LogP contribution is 2.25. The van der Waals surface area contributed by atoms with Gasteiger partial charge in [-0.3, -0.25) is 4.79 Å². The van der Waals surface area contributed by atoms with Gasteiger partial charge in [0.1, 0.15) is 0 Å². The molecule has 31 heavy (non-hydrogen) atoms. The van der Waals surface area contributed by atoms with Gasteiger partial charge >= 0.3 is 0 Å². The summed E-state index contributed by atoms with van der Waals surface area (Å²) in [6, 6.07) is 22.5. The van der Waals surface area contributed by atoms with Crippen LogP contribution in [0.5, 0.6) is 0 Å². The largest absolute Gasteiger partial charge is 0.342 e. The van der Waals surface area contributed by atoms with Crippen LogP contribution in [0.3, 0.4) is 0 Å². The molecule has 1 amide bonds. The summed E-state index contributed by atoms with van der Waals surface area (Å²) in [5.74, 6) is 0.521. The summed E-state index contributed by atoms with van der Waals surface area (Å²) in [5, 5.41) is 13.8. The number of amides is 1. The third kappa shape index (κ3) is 4.32. The standard InChI is InChI=1S/C24H23N5OS/c30-23(28-15-5-2-6-16-28)17-31-24-26-25-22-14-13-21(27-29(22)24)20-11-9-19(10-12-20)18-7-3-1-4-8-18/h1,3-4,7-14H,2,5-6,15-17H2. The molecule has 0 N–H and O–H groups in total. The van der Waals surface area contributed by atoms with E-state index < -0.39 is 0 Å². The van der Waals surface area contributed by atoms with E-state index in [2.05, 4.69) is 46.6 Å². The van der Waals surface area contributed by atoms with Crippen molar-refractivity contribution < 1.29 is 4.79 Å². The zero-order valence-electron chi connectivity index (χ0n) is 17.1. The average molecular weight is 430 g/mol. The number of piperidine rings is 1. The van der Waals surface area contributed by atoms with E-state index in [0.717, 1.165) is 37.2 Å². The number of nitrogens with zero attached hydrogens (tertiary/aromatic N) is 5. The van der Waals surface area contributed by atoms with Crippen LogP contribution in [-0.2, 0) is 4.79 Å². The zero-order chi connectivity index (χ0) is 21.0. The van der Waals surface area contributed by atoms with E-state index in [-0.39, 0.29) is 5.91 Å². The van der Waals surface area contributed by atoms with Crippen LogP contribution in [0.1, 0.15) is 19.3 Å². The average Bonchev–Trinajstić information content (AvgIpc) is 3.26. The lowest BCUT2D eigenvalue weighted by molar-refractivity contribution is -0.129. The fraction of sp³-hybridized carbons (Fsp3) is 0.250. The van der Waals surface area contributed by atoms with E-state index >= 15 is 0 Å². The number of carbonyl (C=O) groups is 1. The normalized spacial score (nSPS) is 14.1. The van der Waals surface area contributed by atoms with Crippen molar-refractivity contribution in [3.05, 3.63) is 66.7 Å². The van der Waals surface area contributed by atoms with Crippen molar-refractivity contribution in [3.63, 3.8) is 0 Å². The molecule has 3 heterocycles. The number of benzene rings is 2. The van der Waals surface area contributed by atoms with Gasteiger partial charge in [-0.25, -0.2) is 0 Å². The van der Waals surface area contributed by atoms with E-state index in [9.17, 15) is 4.79 Å². The Balaban J connectivity index is 1.34. The minimum atomic E-state index is 0.161. The second kappa shape index (κ2) is 8.89. The van der Waals surface area contributed by atoms with Crippen molar-refractivity contribution in [1.29, 1.82) is 0 Å². The molecular weight excluding hydrogens is 406 g/mol. The summed E-state index contributed by atoms with van der Waals surface area (Å²) >= 11 is 1.40. The van der Waals surface area contributed by atoms with Crippen LogP contribution in [0.25, 0.3) is 28.0 Å². The van der Waals surface area contributed by atoms with Gasteiger partial charge < -0.3 is 4.90 Å². The highest BCUT2D eigenvalue weighted by atomic mass is 32.2. The predicted molar refractivity (Wildman–Crippen MR) is 123 cm³/mol. The van der Waals surface area contributed by atoms with Crippen LogP contribution in [0.2, 0.25) is 0 Å². The van der Waals surface area contributed by atoms with E-state index in [4.69, 9.17) is 5.10 Å². The quantitative estimate of drug-likeness (QED) is 0.435. The molecule has 0 spiro atoms. The Morgan fingerprint density at radius 1 is 0.806 bits per heavy atom. The summed E-state index contributed by atoms with van der Waals surface area (Å²) in [4.78, 5) is 14.4. The number of aromatic nitrogens is 4. The molecule has 1 fully saturated rings. The SMILES string of the molecule is O=C(CSc1nnc2ccc(-c3ccc(-c4ccccc4)cc3)nn12)N1CCCCC1. The number of hydrogen-bond donors (Lipinski definition) is 0. The van der Waals surface area contributed by atoms with Crippen molar-refractivity contribution >= 4 is 23.3 Å². The third-order valence-electron chi connectivity index (χ3n) is 5.56. The number of carbonyl (C=O) groups excluding carboxylic acids is 1. The van der Waals surface area contributed by atoms with Gasteiger partial charge in [0.15, 0.2) is 5.65 Å². The maximum atomic E-state index is 12.5. The summed E-state index contributed by atoms with van der Waals surface area (Å²) < 4.78 is 1.73. The molecule has 7 heteroatoms. The molecule has 156 valence electrons. The minimum Gasteiger partial charge on any atom is -0.342 e. The molecule has 0 radical (unpaired) electrons. The predicted octanol–water partition coefficient (Wildman–Crippen LogP) is 4.56. The fourth-order valence-corrected chi connectivity index (χ4v) is 4.63. The monoisotopic (exact) mass is 429 g/mol. The first-order chi connectivity index (χ1) is 15.3. The maximum absolute atomic E-state index is 12.5. The second-order valence-corrected chi connectivity index (χ2v) is 8.59. The molecule has 2 aromatic heterocycles. The molecule has 0 saturated carbocycles. The van der Waals surface area contributed by atoms with Gasteiger partial charge in [0, 0.05) is 18.7 Å². The lowest BCUT2D eigenvalue weighted by atomic mass is 10.0. The van der Waals surface area contributed by atoms with Crippen LogP contribution in [0.15, 0.2) is 71.9 Å². The molecule has 0 bridgehead atoms. The zero-order valence-corrected chi connectivity index (χ0v) is 18.0. The Hall–Kier alpha value is -3.19. The van der Waals surface area contributed by atoms with Crippen LogP contribution < -0.4 is 0 Å².